The monoisotopic (exact) mass is 274 g/mol. The van der Waals surface area contributed by atoms with Crippen LogP contribution in [-0.4, -0.2) is 30.1 Å². The van der Waals surface area contributed by atoms with Crippen LogP contribution >= 0.6 is 0 Å². The molecule has 0 unspecified atom stereocenters. The molecule has 19 heavy (non-hydrogen) atoms. The summed E-state index contributed by atoms with van der Waals surface area (Å²) in [5.74, 6) is 0.0432. The van der Waals surface area contributed by atoms with Crippen molar-refractivity contribution in [1.82, 2.24) is 0 Å². The molecular formula is C15H30O4. The summed E-state index contributed by atoms with van der Waals surface area (Å²) in [5.41, 5.74) is -0.734. The Kier molecular flexibility index (Phi) is 7.01. The van der Waals surface area contributed by atoms with Crippen LogP contribution in [0.4, 0.5) is 0 Å². The molecule has 0 amide bonds. The van der Waals surface area contributed by atoms with Gasteiger partial charge in [0.15, 0.2) is 6.29 Å². The Morgan fingerprint density at radius 1 is 0.947 bits per heavy atom. The minimum Gasteiger partial charge on any atom is -0.465 e. The van der Waals surface area contributed by atoms with E-state index in [1.165, 1.54) is 0 Å². The number of carbonyl (C=O) groups excluding carboxylic acids is 1. The first-order valence-electron chi connectivity index (χ1n) is 6.90. The van der Waals surface area contributed by atoms with E-state index in [9.17, 15) is 4.79 Å². The molecule has 0 atom stereocenters. The average Bonchev–Trinajstić information content (AvgIpc) is 2.08. The molecular weight excluding hydrogens is 244 g/mol. The minimum atomic E-state index is -0.584. The maximum absolute atomic E-state index is 11.7. The number of rotatable bonds is 6. The molecule has 0 aromatic carbocycles. The van der Waals surface area contributed by atoms with Gasteiger partial charge in [0, 0.05) is 0 Å². The SMILES string of the molecule is CC(C)COC(=O)CC(OC(C)(C)C)OC(C)(C)C. The first-order chi connectivity index (χ1) is 8.39. The van der Waals surface area contributed by atoms with Crippen LogP contribution in [0.5, 0.6) is 0 Å². The van der Waals surface area contributed by atoms with E-state index in [0.717, 1.165) is 0 Å². The molecule has 0 radical (unpaired) electrons. The van der Waals surface area contributed by atoms with Gasteiger partial charge < -0.3 is 14.2 Å². The fraction of sp³-hybridized carbons (Fsp3) is 0.933. The molecule has 0 bridgehead atoms. The molecule has 0 aliphatic rings. The molecule has 0 fully saturated rings. The average molecular weight is 274 g/mol. The van der Waals surface area contributed by atoms with Crippen molar-refractivity contribution in [1.29, 1.82) is 0 Å². The van der Waals surface area contributed by atoms with Gasteiger partial charge in [-0.1, -0.05) is 13.8 Å². The first kappa shape index (κ1) is 18.4. The highest BCUT2D eigenvalue weighted by Crippen LogP contribution is 2.20. The van der Waals surface area contributed by atoms with Crippen LogP contribution in [0.1, 0.15) is 61.8 Å². The van der Waals surface area contributed by atoms with E-state index in [0.29, 0.717) is 12.5 Å². The van der Waals surface area contributed by atoms with Crippen LogP contribution in [0.25, 0.3) is 0 Å². The zero-order chi connectivity index (χ0) is 15.3. The molecule has 0 saturated heterocycles. The van der Waals surface area contributed by atoms with Gasteiger partial charge in [0.05, 0.1) is 24.2 Å². The summed E-state index contributed by atoms with van der Waals surface area (Å²) in [6, 6.07) is 0. The third kappa shape index (κ3) is 12.2. The van der Waals surface area contributed by atoms with Crippen molar-refractivity contribution < 1.29 is 19.0 Å². The lowest BCUT2D eigenvalue weighted by molar-refractivity contribution is -0.237. The zero-order valence-electron chi connectivity index (χ0n) is 13.7. The highest BCUT2D eigenvalue weighted by molar-refractivity contribution is 5.69. The van der Waals surface area contributed by atoms with Crippen LogP contribution in [-0.2, 0) is 19.0 Å². The van der Waals surface area contributed by atoms with E-state index >= 15 is 0 Å². The van der Waals surface area contributed by atoms with Gasteiger partial charge >= 0.3 is 5.97 Å². The van der Waals surface area contributed by atoms with E-state index < -0.39 is 6.29 Å². The Morgan fingerprint density at radius 3 is 1.68 bits per heavy atom. The lowest BCUT2D eigenvalue weighted by Gasteiger charge is -2.32. The summed E-state index contributed by atoms with van der Waals surface area (Å²) in [5, 5.41) is 0. The van der Waals surface area contributed by atoms with Crippen molar-refractivity contribution in [2.75, 3.05) is 6.61 Å². The molecule has 0 N–H and O–H groups in total. The molecule has 0 aromatic heterocycles. The smallest absolute Gasteiger partial charge is 0.310 e. The van der Waals surface area contributed by atoms with E-state index in [-0.39, 0.29) is 23.6 Å². The first-order valence-corrected chi connectivity index (χ1v) is 6.90. The number of ether oxygens (including phenoxy) is 3. The summed E-state index contributed by atoms with van der Waals surface area (Å²) in [4.78, 5) is 11.7. The van der Waals surface area contributed by atoms with Crippen molar-refractivity contribution in [2.24, 2.45) is 5.92 Å². The molecule has 0 heterocycles. The molecule has 0 aromatic rings. The van der Waals surface area contributed by atoms with Gasteiger partial charge in [-0.05, 0) is 47.5 Å². The number of hydrogen-bond acceptors (Lipinski definition) is 4. The van der Waals surface area contributed by atoms with Gasteiger partial charge in [0.1, 0.15) is 0 Å². The number of esters is 1. The van der Waals surface area contributed by atoms with E-state index in [4.69, 9.17) is 14.2 Å². The standard InChI is InChI=1S/C15H30O4/c1-11(2)10-17-12(16)9-13(18-14(3,4)5)19-15(6,7)8/h11,13H,9-10H2,1-8H3. The predicted molar refractivity (Wildman–Crippen MR) is 75.9 cm³/mol. The predicted octanol–water partition coefficient (Wildman–Crippen LogP) is 3.53. The second-order valence-corrected chi connectivity index (χ2v) is 7.17. The Bertz CT molecular complexity index is 255. The van der Waals surface area contributed by atoms with Gasteiger partial charge in [0.2, 0.25) is 0 Å². The molecule has 114 valence electrons. The third-order valence-corrected chi connectivity index (χ3v) is 1.88. The quantitative estimate of drug-likeness (QED) is 0.549. The van der Waals surface area contributed by atoms with E-state index in [1.54, 1.807) is 0 Å². The summed E-state index contributed by atoms with van der Waals surface area (Å²) in [6.07, 6.45) is -0.471. The van der Waals surface area contributed by atoms with E-state index in [2.05, 4.69) is 0 Å². The number of hydrogen-bond donors (Lipinski definition) is 0. The molecule has 0 aliphatic heterocycles. The number of carbonyl (C=O) groups is 1. The zero-order valence-corrected chi connectivity index (χ0v) is 13.7. The molecule has 4 heteroatoms. The maximum atomic E-state index is 11.7. The van der Waals surface area contributed by atoms with Gasteiger partial charge in [0.25, 0.3) is 0 Å². The van der Waals surface area contributed by atoms with Gasteiger partial charge in [-0.3, -0.25) is 4.79 Å². The fourth-order valence-electron chi connectivity index (χ4n) is 1.35. The van der Waals surface area contributed by atoms with Gasteiger partial charge in [-0.15, -0.1) is 0 Å². The lowest BCUT2D eigenvalue weighted by atomic mass is 10.1. The van der Waals surface area contributed by atoms with Crippen molar-refractivity contribution in [3.8, 4) is 0 Å². The Labute approximate surface area is 117 Å². The topological polar surface area (TPSA) is 44.8 Å². The van der Waals surface area contributed by atoms with Crippen LogP contribution < -0.4 is 0 Å². The third-order valence-electron chi connectivity index (χ3n) is 1.88. The molecule has 0 rings (SSSR count). The van der Waals surface area contributed by atoms with Crippen LogP contribution in [0.3, 0.4) is 0 Å². The summed E-state index contributed by atoms with van der Waals surface area (Å²) < 4.78 is 16.7. The Hall–Kier alpha value is -0.610. The lowest BCUT2D eigenvalue weighted by Crippen LogP contribution is -2.37. The van der Waals surface area contributed by atoms with Gasteiger partial charge in [-0.2, -0.15) is 0 Å². The summed E-state index contributed by atoms with van der Waals surface area (Å²) in [7, 11) is 0. The molecule has 0 spiro atoms. The minimum absolute atomic E-state index is 0.112. The van der Waals surface area contributed by atoms with Crippen molar-refractivity contribution in [3.05, 3.63) is 0 Å². The normalized spacial score (nSPS) is 13.2. The van der Waals surface area contributed by atoms with Crippen LogP contribution in [0.15, 0.2) is 0 Å². The van der Waals surface area contributed by atoms with E-state index in [1.807, 2.05) is 55.4 Å². The Morgan fingerprint density at radius 2 is 1.37 bits per heavy atom. The van der Waals surface area contributed by atoms with Crippen molar-refractivity contribution >= 4 is 5.97 Å². The second kappa shape index (κ2) is 7.25. The summed E-state index contributed by atoms with van der Waals surface area (Å²) >= 11 is 0. The molecule has 4 nitrogen and oxygen atoms in total. The maximum Gasteiger partial charge on any atom is 0.310 e. The highest BCUT2D eigenvalue weighted by Gasteiger charge is 2.27. The Balaban J connectivity index is 4.45. The summed E-state index contributed by atoms with van der Waals surface area (Å²) in [6.45, 7) is 16.0. The van der Waals surface area contributed by atoms with Crippen molar-refractivity contribution in [2.45, 2.75) is 79.3 Å². The highest BCUT2D eigenvalue weighted by atomic mass is 16.7. The van der Waals surface area contributed by atoms with Gasteiger partial charge in [-0.25, -0.2) is 0 Å². The largest absolute Gasteiger partial charge is 0.465 e. The molecule has 0 aliphatic carbocycles. The molecule has 0 saturated carbocycles. The van der Waals surface area contributed by atoms with Crippen LogP contribution in [0.2, 0.25) is 0 Å². The van der Waals surface area contributed by atoms with Crippen LogP contribution in [0, 0.1) is 5.92 Å². The second-order valence-electron chi connectivity index (χ2n) is 7.17. The van der Waals surface area contributed by atoms with Crippen molar-refractivity contribution in [3.63, 3.8) is 0 Å². The fourth-order valence-corrected chi connectivity index (χ4v) is 1.35.